The van der Waals surface area contributed by atoms with Crippen molar-refractivity contribution in [2.75, 3.05) is 19.8 Å². The zero-order valence-corrected chi connectivity index (χ0v) is 17.1. The Morgan fingerprint density at radius 3 is 2.27 bits per heavy atom. The molecule has 0 aliphatic carbocycles. The van der Waals surface area contributed by atoms with Gasteiger partial charge >= 0.3 is 12.1 Å². The first-order valence-electron chi connectivity index (χ1n) is 10.7. The van der Waals surface area contributed by atoms with Gasteiger partial charge in [0, 0.05) is 6.54 Å². The molecule has 0 aromatic carbocycles. The minimum Gasteiger partial charge on any atom is -0.464 e. The smallest absolute Gasteiger partial charge is 0.410 e. The molecule has 0 spiro atoms. The van der Waals surface area contributed by atoms with Crippen LogP contribution in [0.3, 0.4) is 0 Å². The standard InChI is InChI=1S/C21H39NO4/c1-4-5-6-7-8-9-10-13-16-25-20(23)19-14-11-12-15-22(19)21(24)26-17-18(2)3/h18-19H,4-17H2,1-3H3. The largest absolute Gasteiger partial charge is 0.464 e. The maximum Gasteiger partial charge on any atom is 0.410 e. The van der Waals surface area contributed by atoms with Gasteiger partial charge in [-0.3, -0.25) is 4.90 Å². The van der Waals surface area contributed by atoms with Crippen LogP contribution in [0.25, 0.3) is 0 Å². The molecule has 1 unspecified atom stereocenters. The van der Waals surface area contributed by atoms with Crippen molar-refractivity contribution in [1.29, 1.82) is 0 Å². The van der Waals surface area contributed by atoms with Gasteiger partial charge in [-0.1, -0.05) is 65.7 Å². The lowest BCUT2D eigenvalue weighted by molar-refractivity contribution is -0.150. The summed E-state index contributed by atoms with van der Waals surface area (Å²) < 4.78 is 10.7. The van der Waals surface area contributed by atoms with Gasteiger partial charge in [-0.05, 0) is 31.6 Å². The van der Waals surface area contributed by atoms with Gasteiger partial charge in [0.15, 0.2) is 0 Å². The van der Waals surface area contributed by atoms with Gasteiger partial charge in [0.25, 0.3) is 0 Å². The summed E-state index contributed by atoms with van der Waals surface area (Å²) in [6, 6.07) is -0.475. The highest BCUT2D eigenvalue weighted by Crippen LogP contribution is 2.20. The lowest BCUT2D eigenvalue weighted by Crippen LogP contribution is -2.49. The van der Waals surface area contributed by atoms with E-state index < -0.39 is 6.04 Å². The third-order valence-electron chi connectivity index (χ3n) is 4.79. The summed E-state index contributed by atoms with van der Waals surface area (Å²) in [6.07, 6.45) is 11.9. The number of nitrogens with zero attached hydrogens (tertiary/aromatic N) is 1. The number of hydrogen-bond donors (Lipinski definition) is 0. The Balaban J connectivity index is 2.23. The first-order chi connectivity index (χ1) is 12.6. The van der Waals surface area contributed by atoms with Gasteiger partial charge in [-0.15, -0.1) is 0 Å². The van der Waals surface area contributed by atoms with E-state index in [1.165, 1.54) is 38.5 Å². The second kappa shape index (κ2) is 13.9. The van der Waals surface area contributed by atoms with Crippen molar-refractivity contribution in [1.82, 2.24) is 4.90 Å². The molecule has 0 aromatic heterocycles. The number of likely N-dealkylation sites (tertiary alicyclic amines) is 1. The Kier molecular flexibility index (Phi) is 12.2. The molecule has 1 aliphatic rings. The first-order valence-corrected chi connectivity index (χ1v) is 10.7. The molecular weight excluding hydrogens is 330 g/mol. The number of esters is 1. The summed E-state index contributed by atoms with van der Waals surface area (Å²) in [7, 11) is 0. The van der Waals surface area contributed by atoms with Gasteiger partial charge in [-0.2, -0.15) is 0 Å². The molecular formula is C21H39NO4. The topological polar surface area (TPSA) is 55.8 Å². The Morgan fingerprint density at radius 1 is 0.962 bits per heavy atom. The van der Waals surface area contributed by atoms with Crippen LogP contribution >= 0.6 is 0 Å². The maximum absolute atomic E-state index is 12.4. The predicted octanol–water partition coefficient (Wildman–Crippen LogP) is 5.32. The quantitative estimate of drug-likeness (QED) is 0.345. The van der Waals surface area contributed by atoms with Gasteiger partial charge in [0.2, 0.25) is 0 Å². The highest BCUT2D eigenvalue weighted by Gasteiger charge is 2.34. The summed E-state index contributed by atoms with van der Waals surface area (Å²) in [5.74, 6) is 0.0188. The fourth-order valence-electron chi connectivity index (χ4n) is 3.22. The Bertz CT molecular complexity index is 397. The van der Waals surface area contributed by atoms with Crippen LogP contribution in [0.15, 0.2) is 0 Å². The third kappa shape index (κ3) is 9.44. The second-order valence-electron chi connectivity index (χ2n) is 7.82. The predicted molar refractivity (Wildman–Crippen MR) is 104 cm³/mol. The fraction of sp³-hybridized carbons (Fsp3) is 0.905. The number of carbonyl (C=O) groups is 2. The van der Waals surface area contributed by atoms with E-state index >= 15 is 0 Å². The van der Waals surface area contributed by atoms with Crippen LogP contribution in [0.5, 0.6) is 0 Å². The van der Waals surface area contributed by atoms with E-state index in [0.717, 1.165) is 25.7 Å². The number of ether oxygens (including phenoxy) is 2. The molecule has 0 bridgehead atoms. The van der Waals surface area contributed by atoms with Crippen molar-refractivity contribution in [3.8, 4) is 0 Å². The number of piperidine rings is 1. The highest BCUT2D eigenvalue weighted by molar-refractivity contribution is 5.81. The number of hydrogen-bond acceptors (Lipinski definition) is 4. The van der Waals surface area contributed by atoms with Crippen LogP contribution in [0.4, 0.5) is 4.79 Å². The van der Waals surface area contributed by atoms with Gasteiger partial charge in [0.1, 0.15) is 6.04 Å². The van der Waals surface area contributed by atoms with Gasteiger partial charge < -0.3 is 9.47 Å². The van der Waals surface area contributed by atoms with E-state index in [-0.39, 0.29) is 18.0 Å². The van der Waals surface area contributed by atoms with Crippen LogP contribution < -0.4 is 0 Å². The molecule has 1 fully saturated rings. The van der Waals surface area contributed by atoms with E-state index in [1.807, 2.05) is 13.8 Å². The average molecular weight is 370 g/mol. The number of carbonyl (C=O) groups excluding carboxylic acids is 2. The van der Waals surface area contributed by atoms with Crippen LogP contribution in [0.2, 0.25) is 0 Å². The van der Waals surface area contributed by atoms with Gasteiger partial charge in [-0.25, -0.2) is 9.59 Å². The number of rotatable bonds is 12. The number of amides is 1. The molecule has 1 heterocycles. The van der Waals surface area contributed by atoms with Crippen molar-refractivity contribution in [3.63, 3.8) is 0 Å². The normalized spacial score (nSPS) is 17.4. The lowest BCUT2D eigenvalue weighted by Gasteiger charge is -2.33. The van der Waals surface area contributed by atoms with Crippen LogP contribution in [0, 0.1) is 5.92 Å². The third-order valence-corrected chi connectivity index (χ3v) is 4.79. The van der Waals surface area contributed by atoms with Crippen LogP contribution in [-0.4, -0.2) is 42.8 Å². The molecule has 5 heteroatoms. The molecule has 152 valence electrons. The Labute approximate surface area is 159 Å². The monoisotopic (exact) mass is 369 g/mol. The molecule has 1 atom stereocenters. The summed E-state index contributed by atoms with van der Waals surface area (Å²) in [4.78, 5) is 26.2. The molecule has 0 radical (unpaired) electrons. The molecule has 1 aliphatic heterocycles. The molecule has 1 amide bonds. The zero-order chi connectivity index (χ0) is 19.2. The minimum absolute atomic E-state index is 0.269. The number of unbranched alkanes of at least 4 members (excludes halogenated alkanes) is 7. The second-order valence-corrected chi connectivity index (χ2v) is 7.82. The summed E-state index contributed by atoms with van der Waals surface area (Å²) >= 11 is 0. The molecule has 26 heavy (non-hydrogen) atoms. The molecule has 1 saturated heterocycles. The van der Waals surface area contributed by atoms with E-state index in [1.54, 1.807) is 4.90 Å². The average Bonchev–Trinajstić information content (AvgIpc) is 2.64. The SMILES string of the molecule is CCCCCCCCCCOC(=O)C1CCCCN1C(=O)OCC(C)C. The Morgan fingerprint density at radius 2 is 1.62 bits per heavy atom. The van der Waals surface area contributed by atoms with E-state index in [4.69, 9.17) is 9.47 Å². The molecule has 0 N–H and O–H groups in total. The molecule has 0 aromatic rings. The van der Waals surface area contributed by atoms with E-state index in [2.05, 4.69) is 6.92 Å². The molecule has 0 saturated carbocycles. The van der Waals surface area contributed by atoms with Crippen molar-refractivity contribution in [2.24, 2.45) is 5.92 Å². The first kappa shape index (κ1) is 22.8. The summed E-state index contributed by atoms with van der Waals surface area (Å²) in [5.41, 5.74) is 0. The Hall–Kier alpha value is -1.26. The van der Waals surface area contributed by atoms with Crippen LogP contribution in [-0.2, 0) is 14.3 Å². The van der Waals surface area contributed by atoms with E-state index in [0.29, 0.717) is 26.2 Å². The fourth-order valence-corrected chi connectivity index (χ4v) is 3.22. The summed E-state index contributed by atoms with van der Waals surface area (Å²) in [5, 5.41) is 0. The lowest BCUT2D eigenvalue weighted by atomic mass is 10.0. The zero-order valence-electron chi connectivity index (χ0n) is 17.1. The van der Waals surface area contributed by atoms with Gasteiger partial charge in [0.05, 0.1) is 13.2 Å². The highest BCUT2D eigenvalue weighted by atomic mass is 16.6. The molecule has 5 nitrogen and oxygen atoms in total. The van der Waals surface area contributed by atoms with Crippen molar-refractivity contribution < 1.29 is 19.1 Å². The summed E-state index contributed by atoms with van der Waals surface area (Å²) in [6.45, 7) is 7.65. The van der Waals surface area contributed by atoms with Crippen LogP contribution in [0.1, 0.15) is 91.4 Å². The maximum atomic E-state index is 12.4. The molecule has 1 rings (SSSR count). The van der Waals surface area contributed by atoms with Crippen molar-refractivity contribution in [2.45, 2.75) is 97.4 Å². The minimum atomic E-state index is -0.475. The van der Waals surface area contributed by atoms with Crippen molar-refractivity contribution >= 4 is 12.1 Å². The van der Waals surface area contributed by atoms with Crippen molar-refractivity contribution in [3.05, 3.63) is 0 Å². The van der Waals surface area contributed by atoms with E-state index in [9.17, 15) is 9.59 Å².